The Bertz CT molecular complexity index is 763. The van der Waals surface area contributed by atoms with Gasteiger partial charge in [-0.1, -0.05) is 30.3 Å². The molecule has 1 atom stereocenters. The number of esters is 1. The molecule has 9 heteroatoms. The topological polar surface area (TPSA) is 68.8 Å². The first kappa shape index (κ1) is 23.9. The van der Waals surface area contributed by atoms with Gasteiger partial charge in [-0.3, -0.25) is 24.4 Å². The first-order valence-electron chi connectivity index (χ1n) is 12.0. The highest BCUT2D eigenvalue weighted by Gasteiger charge is 2.33. The highest BCUT2D eigenvalue weighted by Crippen LogP contribution is 2.15. The molecule has 9 nitrogen and oxygen atoms in total. The lowest BCUT2D eigenvalue weighted by Crippen LogP contribution is -2.50. The molecule has 0 bridgehead atoms. The average molecular weight is 460 g/mol. The number of methoxy groups -OCH3 is 1. The monoisotopic (exact) mass is 459 g/mol. The minimum absolute atomic E-state index is 0.0765. The number of hydrogen-bond donors (Lipinski definition) is 0. The van der Waals surface area contributed by atoms with E-state index in [0.29, 0.717) is 13.1 Å². The summed E-state index contributed by atoms with van der Waals surface area (Å²) in [5.74, 6) is -0.193. The smallest absolute Gasteiger partial charge is 0.410 e. The highest BCUT2D eigenvalue weighted by molar-refractivity contribution is 5.71. The minimum atomic E-state index is -0.193. The zero-order chi connectivity index (χ0) is 23.0. The number of carbonyl (C=O) groups is 2. The van der Waals surface area contributed by atoms with Crippen LogP contribution >= 0.6 is 0 Å². The number of nitrogens with zero attached hydrogens (tertiary/aromatic N) is 5. The Morgan fingerprint density at radius 3 is 2.24 bits per heavy atom. The van der Waals surface area contributed by atoms with E-state index in [1.807, 2.05) is 4.90 Å². The van der Waals surface area contributed by atoms with E-state index >= 15 is 0 Å². The van der Waals surface area contributed by atoms with Crippen molar-refractivity contribution in [1.82, 2.24) is 24.5 Å². The van der Waals surface area contributed by atoms with Crippen molar-refractivity contribution in [2.45, 2.75) is 12.6 Å². The fraction of sp³-hybridized carbons (Fsp3) is 0.667. The molecule has 1 unspecified atom stereocenters. The summed E-state index contributed by atoms with van der Waals surface area (Å²) >= 11 is 0. The van der Waals surface area contributed by atoms with Gasteiger partial charge in [0.2, 0.25) is 0 Å². The molecule has 3 fully saturated rings. The average Bonchev–Trinajstić information content (AvgIpc) is 3.19. The molecule has 1 aromatic rings. The lowest BCUT2D eigenvalue weighted by Gasteiger charge is -2.35. The van der Waals surface area contributed by atoms with Gasteiger partial charge in [0.05, 0.1) is 20.2 Å². The zero-order valence-electron chi connectivity index (χ0n) is 19.7. The van der Waals surface area contributed by atoms with Crippen LogP contribution in [0.2, 0.25) is 0 Å². The molecule has 33 heavy (non-hydrogen) atoms. The maximum atomic E-state index is 12.4. The summed E-state index contributed by atoms with van der Waals surface area (Å²) in [6.07, 6.45) is -0.264. The van der Waals surface area contributed by atoms with Crippen LogP contribution in [0.5, 0.6) is 0 Å². The van der Waals surface area contributed by atoms with Gasteiger partial charge in [0.25, 0.3) is 0 Å². The maximum absolute atomic E-state index is 12.4. The van der Waals surface area contributed by atoms with Crippen LogP contribution in [0.25, 0.3) is 0 Å². The fourth-order valence-corrected chi connectivity index (χ4v) is 4.79. The number of amides is 1. The lowest BCUT2D eigenvalue weighted by atomic mass is 10.2. The van der Waals surface area contributed by atoms with Crippen LogP contribution in [0.3, 0.4) is 0 Å². The van der Waals surface area contributed by atoms with Crippen molar-refractivity contribution in [2.75, 3.05) is 92.2 Å². The van der Waals surface area contributed by atoms with Gasteiger partial charge in [0, 0.05) is 78.5 Å². The summed E-state index contributed by atoms with van der Waals surface area (Å²) in [6.45, 7) is 12.0. The molecule has 0 spiro atoms. The molecule has 182 valence electrons. The van der Waals surface area contributed by atoms with Gasteiger partial charge in [-0.05, 0) is 5.56 Å². The zero-order valence-corrected chi connectivity index (χ0v) is 19.7. The molecule has 0 radical (unpaired) electrons. The molecular formula is C24H37N5O4. The Hall–Kier alpha value is -2.20. The molecule has 0 aliphatic carbocycles. The van der Waals surface area contributed by atoms with E-state index in [9.17, 15) is 9.59 Å². The fourth-order valence-electron chi connectivity index (χ4n) is 4.79. The Morgan fingerprint density at radius 1 is 0.909 bits per heavy atom. The minimum Gasteiger partial charge on any atom is -0.468 e. The standard InChI is InChI=1S/C24H37N5O4/c1-32-23(30)20-28-13-11-27(12-14-28)18-22-19-29(24(31)33-22)16-15-25-7-9-26(10-8-25)17-21-5-3-2-4-6-21/h2-6,22H,7-20H2,1H3. The van der Waals surface area contributed by atoms with Crippen molar-refractivity contribution >= 4 is 12.1 Å². The molecule has 0 N–H and O–H groups in total. The van der Waals surface area contributed by atoms with Crippen molar-refractivity contribution < 1.29 is 19.1 Å². The van der Waals surface area contributed by atoms with Crippen LogP contribution in [-0.4, -0.2) is 135 Å². The highest BCUT2D eigenvalue weighted by atomic mass is 16.6. The third kappa shape index (κ3) is 7.14. The predicted molar refractivity (Wildman–Crippen MR) is 125 cm³/mol. The number of cyclic esters (lactones) is 1. The van der Waals surface area contributed by atoms with Gasteiger partial charge in [-0.2, -0.15) is 0 Å². The second kappa shape index (κ2) is 11.8. The number of carbonyl (C=O) groups excluding carboxylic acids is 2. The summed E-state index contributed by atoms with van der Waals surface area (Å²) in [5.41, 5.74) is 1.36. The van der Waals surface area contributed by atoms with E-state index < -0.39 is 0 Å². The van der Waals surface area contributed by atoms with E-state index in [-0.39, 0.29) is 18.2 Å². The van der Waals surface area contributed by atoms with E-state index in [1.54, 1.807) is 0 Å². The molecule has 0 aromatic heterocycles. The first-order valence-corrected chi connectivity index (χ1v) is 12.0. The van der Waals surface area contributed by atoms with Crippen LogP contribution in [0.15, 0.2) is 30.3 Å². The van der Waals surface area contributed by atoms with Gasteiger partial charge in [-0.15, -0.1) is 0 Å². The number of hydrogen-bond acceptors (Lipinski definition) is 8. The van der Waals surface area contributed by atoms with Crippen molar-refractivity contribution in [3.05, 3.63) is 35.9 Å². The second-order valence-corrected chi connectivity index (χ2v) is 9.21. The Balaban J connectivity index is 1.11. The van der Waals surface area contributed by atoms with Crippen LogP contribution in [0.1, 0.15) is 5.56 Å². The SMILES string of the molecule is COC(=O)CN1CCN(CC2CN(CCN3CCN(Cc4ccccc4)CC3)C(=O)O2)CC1. The molecule has 3 aliphatic heterocycles. The summed E-state index contributed by atoms with van der Waals surface area (Å²) in [7, 11) is 1.42. The molecule has 3 saturated heterocycles. The largest absolute Gasteiger partial charge is 0.468 e. The quantitative estimate of drug-likeness (QED) is 0.492. The predicted octanol–water partition coefficient (Wildman–Crippen LogP) is 0.416. The van der Waals surface area contributed by atoms with Crippen molar-refractivity contribution in [1.29, 1.82) is 0 Å². The lowest BCUT2D eigenvalue weighted by molar-refractivity contribution is -0.142. The van der Waals surface area contributed by atoms with Gasteiger partial charge >= 0.3 is 12.1 Å². The third-order valence-corrected chi connectivity index (χ3v) is 6.86. The second-order valence-electron chi connectivity index (χ2n) is 9.21. The van der Waals surface area contributed by atoms with Gasteiger partial charge in [0.1, 0.15) is 6.10 Å². The number of ether oxygens (including phenoxy) is 2. The molecule has 0 saturated carbocycles. The maximum Gasteiger partial charge on any atom is 0.410 e. The van der Waals surface area contributed by atoms with Crippen molar-refractivity contribution in [3.8, 4) is 0 Å². The summed E-state index contributed by atoms with van der Waals surface area (Å²) in [5, 5.41) is 0. The normalized spacial score (nSPS) is 23.6. The van der Waals surface area contributed by atoms with E-state index in [1.165, 1.54) is 12.7 Å². The van der Waals surface area contributed by atoms with E-state index in [0.717, 1.165) is 78.5 Å². The summed E-state index contributed by atoms with van der Waals surface area (Å²) < 4.78 is 10.4. The van der Waals surface area contributed by atoms with Gasteiger partial charge in [0.15, 0.2) is 0 Å². The molecule has 1 amide bonds. The van der Waals surface area contributed by atoms with E-state index in [4.69, 9.17) is 9.47 Å². The molecule has 4 rings (SSSR count). The Morgan fingerprint density at radius 2 is 1.55 bits per heavy atom. The van der Waals surface area contributed by atoms with Crippen LogP contribution < -0.4 is 0 Å². The third-order valence-electron chi connectivity index (χ3n) is 6.86. The van der Waals surface area contributed by atoms with E-state index in [2.05, 4.69) is 49.9 Å². The summed E-state index contributed by atoms with van der Waals surface area (Å²) in [4.78, 5) is 35.0. The molecule has 1 aromatic carbocycles. The number of benzene rings is 1. The summed E-state index contributed by atoms with van der Waals surface area (Å²) in [6, 6.07) is 10.6. The number of rotatable bonds is 9. The van der Waals surface area contributed by atoms with Gasteiger partial charge in [-0.25, -0.2) is 4.79 Å². The molecular weight excluding hydrogens is 422 g/mol. The van der Waals surface area contributed by atoms with Crippen molar-refractivity contribution in [2.24, 2.45) is 0 Å². The van der Waals surface area contributed by atoms with Crippen LogP contribution in [-0.2, 0) is 20.8 Å². The van der Waals surface area contributed by atoms with Gasteiger partial charge < -0.3 is 14.4 Å². The molecule has 3 aliphatic rings. The molecule has 3 heterocycles. The van der Waals surface area contributed by atoms with Crippen molar-refractivity contribution in [3.63, 3.8) is 0 Å². The Labute approximate surface area is 196 Å². The van der Waals surface area contributed by atoms with Crippen LogP contribution in [0.4, 0.5) is 4.79 Å². The first-order chi connectivity index (χ1) is 16.1. The Kier molecular flexibility index (Phi) is 8.55. The van der Waals surface area contributed by atoms with Crippen LogP contribution in [0, 0.1) is 0 Å². The number of piperazine rings is 2.